The Morgan fingerprint density at radius 3 is 2.15 bits per heavy atom. The number of likely N-dealkylation sites (N-methyl/N-ethyl adjacent to an activating group) is 2. The summed E-state index contributed by atoms with van der Waals surface area (Å²) in [6.45, 7) is 11.3. The minimum absolute atomic E-state index is 0.351. The van der Waals surface area contributed by atoms with Crippen LogP contribution in [0.5, 0.6) is 0 Å². The highest BCUT2D eigenvalue weighted by molar-refractivity contribution is 5.78. The summed E-state index contributed by atoms with van der Waals surface area (Å²) in [5.74, 6) is 0.351. The van der Waals surface area contributed by atoms with E-state index < -0.39 is 0 Å². The fourth-order valence-corrected chi connectivity index (χ4v) is 3.58. The van der Waals surface area contributed by atoms with E-state index in [0.29, 0.717) is 18.5 Å². The Morgan fingerprint density at radius 2 is 1.60 bits per heavy atom. The number of rotatable bonds is 5. The number of hydrogen-bond acceptors (Lipinski definition) is 3. The van der Waals surface area contributed by atoms with Crippen LogP contribution < -0.4 is 0 Å². The van der Waals surface area contributed by atoms with Gasteiger partial charge in [0, 0.05) is 38.8 Å². The van der Waals surface area contributed by atoms with Crippen molar-refractivity contribution in [3.05, 3.63) is 0 Å². The second kappa shape index (κ2) is 7.99. The van der Waals surface area contributed by atoms with E-state index in [1.807, 2.05) is 0 Å². The maximum Gasteiger partial charge on any atom is 0.236 e. The molecule has 1 saturated heterocycles. The molecule has 0 N–H and O–H groups in total. The fourth-order valence-electron chi connectivity index (χ4n) is 3.58. The van der Waals surface area contributed by atoms with Gasteiger partial charge in [0.1, 0.15) is 0 Å². The zero-order valence-electron chi connectivity index (χ0n) is 13.3. The molecule has 1 saturated carbocycles. The Labute approximate surface area is 124 Å². The Morgan fingerprint density at radius 1 is 1.00 bits per heavy atom. The topological polar surface area (TPSA) is 26.8 Å². The molecule has 116 valence electrons. The van der Waals surface area contributed by atoms with Gasteiger partial charge in [0.25, 0.3) is 0 Å². The highest BCUT2D eigenvalue weighted by Crippen LogP contribution is 2.22. The summed E-state index contributed by atoms with van der Waals surface area (Å²) >= 11 is 0. The quantitative estimate of drug-likeness (QED) is 0.769. The number of amides is 1. The third-order valence-corrected chi connectivity index (χ3v) is 4.95. The van der Waals surface area contributed by atoms with Gasteiger partial charge in [-0.3, -0.25) is 9.69 Å². The third kappa shape index (κ3) is 4.19. The van der Waals surface area contributed by atoms with Gasteiger partial charge in [-0.15, -0.1) is 0 Å². The van der Waals surface area contributed by atoms with Crippen LogP contribution in [0.1, 0.15) is 46.0 Å². The van der Waals surface area contributed by atoms with Crippen LogP contribution in [0.25, 0.3) is 0 Å². The lowest BCUT2D eigenvalue weighted by Crippen LogP contribution is -2.51. The van der Waals surface area contributed by atoms with Crippen LogP contribution in [0, 0.1) is 0 Å². The smallest absolute Gasteiger partial charge is 0.236 e. The summed E-state index contributed by atoms with van der Waals surface area (Å²) in [5.41, 5.74) is 0. The van der Waals surface area contributed by atoms with Crippen LogP contribution in [-0.4, -0.2) is 72.5 Å². The predicted octanol–water partition coefficient (Wildman–Crippen LogP) is 1.81. The van der Waals surface area contributed by atoms with Gasteiger partial charge in [-0.2, -0.15) is 0 Å². The molecule has 20 heavy (non-hydrogen) atoms. The van der Waals surface area contributed by atoms with E-state index in [-0.39, 0.29) is 0 Å². The normalized spacial score (nSPS) is 22.9. The zero-order valence-corrected chi connectivity index (χ0v) is 13.3. The van der Waals surface area contributed by atoms with Gasteiger partial charge in [0.2, 0.25) is 5.91 Å². The van der Waals surface area contributed by atoms with Gasteiger partial charge in [0.05, 0.1) is 6.54 Å². The Kier molecular flexibility index (Phi) is 6.30. The maximum atomic E-state index is 12.6. The molecule has 4 nitrogen and oxygen atoms in total. The first kappa shape index (κ1) is 15.8. The van der Waals surface area contributed by atoms with Crippen LogP contribution in [0.15, 0.2) is 0 Å². The second-order valence-corrected chi connectivity index (χ2v) is 6.18. The van der Waals surface area contributed by atoms with Crippen LogP contribution >= 0.6 is 0 Å². The molecule has 1 heterocycles. The number of carbonyl (C=O) groups is 1. The monoisotopic (exact) mass is 281 g/mol. The minimum atomic E-state index is 0.351. The molecule has 2 fully saturated rings. The number of carbonyl (C=O) groups excluding carboxylic acids is 1. The summed E-state index contributed by atoms with van der Waals surface area (Å²) in [7, 11) is 0. The van der Waals surface area contributed by atoms with Crippen molar-refractivity contribution in [2.24, 2.45) is 0 Å². The third-order valence-electron chi connectivity index (χ3n) is 4.95. The second-order valence-electron chi connectivity index (χ2n) is 6.18. The molecular formula is C16H31N3O. The molecule has 0 unspecified atom stereocenters. The molecule has 1 aliphatic heterocycles. The van der Waals surface area contributed by atoms with Crippen LogP contribution in [0.3, 0.4) is 0 Å². The summed E-state index contributed by atoms with van der Waals surface area (Å²) in [6.07, 6.45) is 6.36. The van der Waals surface area contributed by atoms with Crippen molar-refractivity contribution in [1.29, 1.82) is 0 Å². The van der Waals surface area contributed by atoms with E-state index in [1.165, 1.54) is 32.1 Å². The number of hydrogen-bond donors (Lipinski definition) is 0. The van der Waals surface area contributed by atoms with E-state index >= 15 is 0 Å². The lowest BCUT2D eigenvalue weighted by molar-refractivity contribution is -0.135. The van der Waals surface area contributed by atoms with Gasteiger partial charge < -0.3 is 9.80 Å². The Hall–Kier alpha value is -0.610. The first-order valence-corrected chi connectivity index (χ1v) is 8.48. The summed E-state index contributed by atoms with van der Waals surface area (Å²) in [5, 5.41) is 0. The van der Waals surface area contributed by atoms with E-state index in [0.717, 1.165) is 39.3 Å². The van der Waals surface area contributed by atoms with Crippen molar-refractivity contribution in [3.63, 3.8) is 0 Å². The maximum absolute atomic E-state index is 12.6. The van der Waals surface area contributed by atoms with Crippen molar-refractivity contribution < 1.29 is 4.79 Å². The molecule has 0 aromatic heterocycles. The molecule has 2 rings (SSSR count). The number of nitrogens with zero attached hydrogens (tertiary/aromatic N) is 3. The van der Waals surface area contributed by atoms with E-state index in [4.69, 9.17) is 0 Å². The number of piperazine rings is 1. The summed E-state index contributed by atoms with van der Waals surface area (Å²) < 4.78 is 0. The van der Waals surface area contributed by atoms with E-state index in [1.54, 1.807) is 0 Å². The van der Waals surface area contributed by atoms with Crippen molar-refractivity contribution in [2.45, 2.75) is 52.0 Å². The average molecular weight is 281 g/mol. The molecule has 2 aliphatic rings. The lowest BCUT2D eigenvalue weighted by Gasteiger charge is -2.37. The average Bonchev–Trinajstić information content (AvgIpc) is 2.50. The largest absolute Gasteiger partial charge is 0.339 e. The van der Waals surface area contributed by atoms with Gasteiger partial charge in [0.15, 0.2) is 0 Å². The molecular weight excluding hydrogens is 250 g/mol. The van der Waals surface area contributed by atoms with Gasteiger partial charge in [-0.05, 0) is 26.3 Å². The van der Waals surface area contributed by atoms with Gasteiger partial charge in [-0.1, -0.05) is 26.2 Å². The van der Waals surface area contributed by atoms with Crippen molar-refractivity contribution in [3.8, 4) is 0 Å². The van der Waals surface area contributed by atoms with Crippen LogP contribution in [-0.2, 0) is 4.79 Å². The van der Waals surface area contributed by atoms with E-state index in [9.17, 15) is 4.79 Å². The molecule has 0 spiro atoms. The first-order valence-electron chi connectivity index (χ1n) is 8.48. The van der Waals surface area contributed by atoms with Crippen molar-refractivity contribution in [2.75, 3.05) is 45.8 Å². The molecule has 1 aliphatic carbocycles. The summed E-state index contributed by atoms with van der Waals surface area (Å²) in [6, 6.07) is 0.512. The van der Waals surface area contributed by atoms with Crippen molar-refractivity contribution in [1.82, 2.24) is 14.7 Å². The molecule has 0 radical (unpaired) electrons. The Bertz CT molecular complexity index is 294. The lowest BCUT2D eigenvalue weighted by atomic mass is 9.94. The first-order chi connectivity index (χ1) is 9.74. The highest BCUT2D eigenvalue weighted by Gasteiger charge is 2.26. The van der Waals surface area contributed by atoms with Gasteiger partial charge in [-0.25, -0.2) is 0 Å². The molecule has 0 aromatic rings. The zero-order chi connectivity index (χ0) is 14.4. The molecule has 0 bridgehead atoms. The predicted molar refractivity (Wildman–Crippen MR) is 82.8 cm³/mol. The van der Waals surface area contributed by atoms with Crippen LogP contribution in [0.2, 0.25) is 0 Å². The fraction of sp³-hybridized carbons (Fsp3) is 0.938. The molecule has 4 heteroatoms. The standard InChI is InChI=1S/C16H31N3O/c1-3-17-10-12-18(13-11-17)14-16(20)19(4-2)15-8-6-5-7-9-15/h15H,3-14H2,1-2H3. The SMILES string of the molecule is CCN1CCN(CC(=O)N(CC)C2CCCCC2)CC1. The highest BCUT2D eigenvalue weighted by atomic mass is 16.2. The minimum Gasteiger partial charge on any atom is -0.339 e. The van der Waals surface area contributed by atoms with Crippen LogP contribution in [0.4, 0.5) is 0 Å². The molecule has 1 amide bonds. The Balaban J connectivity index is 1.80. The van der Waals surface area contributed by atoms with Crippen molar-refractivity contribution >= 4 is 5.91 Å². The van der Waals surface area contributed by atoms with E-state index in [2.05, 4.69) is 28.5 Å². The summed E-state index contributed by atoms with van der Waals surface area (Å²) in [4.78, 5) is 19.5. The molecule has 0 aromatic carbocycles. The molecule has 0 atom stereocenters. The van der Waals surface area contributed by atoms with Gasteiger partial charge >= 0.3 is 0 Å².